The van der Waals surface area contributed by atoms with E-state index in [9.17, 15) is 10.1 Å². The van der Waals surface area contributed by atoms with Gasteiger partial charge in [0.15, 0.2) is 5.75 Å². The van der Waals surface area contributed by atoms with Crippen molar-refractivity contribution in [1.82, 2.24) is 9.55 Å². The van der Waals surface area contributed by atoms with E-state index < -0.39 is 4.92 Å². The van der Waals surface area contributed by atoms with Gasteiger partial charge in [0.25, 0.3) is 11.7 Å². The molecule has 1 aromatic heterocycles. The van der Waals surface area contributed by atoms with E-state index in [4.69, 9.17) is 32.7 Å². The van der Waals surface area contributed by atoms with E-state index >= 15 is 0 Å². The van der Waals surface area contributed by atoms with Crippen molar-refractivity contribution in [3.05, 3.63) is 50.5 Å². The Bertz CT molecular complexity index is 1050. The first-order valence-corrected chi connectivity index (χ1v) is 8.96. The first kappa shape index (κ1) is 17.9. The van der Waals surface area contributed by atoms with E-state index in [1.807, 2.05) is 12.1 Å². The van der Waals surface area contributed by atoms with Crippen LogP contribution in [0.15, 0.2) is 30.3 Å². The number of nitrogens with zero attached hydrogens (tertiary/aromatic N) is 3. The molecule has 140 valence electrons. The number of rotatable bonds is 5. The van der Waals surface area contributed by atoms with Gasteiger partial charge >= 0.3 is 0 Å². The SMILES string of the molecule is COc1nc2ccc(Oc3c(Cl)cc([N+](=O)[O-])cc3Cl)cc2n1C1(C)CC1. The maximum Gasteiger partial charge on any atom is 0.297 e. The lowest BCUT2D eigenvalue weighted by Crippen LogP contribution is -2.13. The number of nitro benzene ring substituents is 1. The summed E-state index contributed by atoms with van der Waals surface area (Å²) in [7, 11) is 1.59. The van der Waals surface area contributed by atoms with Crippen molar-refractivity contribution >= 4 is 39.9 Å². The van der Waals surface area contributed by atoms with E-state index in [1.54, 1.807) is 13.2 Å². The summed E-state index contributed by atoms with van der Waals surface area (Å²) in [4.78, 5) is 14.9. The van der Waals surface area contributed by atoms with Gasteiger partial charge in [-0.1, -0.05) is 23.2 Å². The van der Waals surface area contributed by atoms with E-state index in [-0.39, 0.29) is 27.0 Å². The second kappa shape index (κ2) is 6.28. The minimum absolute atomic E-state index is 0.0264. The summed E-state index contributed by atoms with van der Waals surface area (Å²) in [6.07, 6.45) is 2.08. The predicted octanol–water partition coefficient (Wildman–Crippen LogP) is 5.56. The lowest BCUT2D eigenvalue weighted by Gasteiger charge is -2.15. The molecule has 0 aliphatic heterocycles. The fraction of sp³-hybridized carbons (Fsp3) is 0.278. The fourth-order valence-electron chi connectivity index (χ4n) is 3.03. The summed E-state index contributed by atoms with van der Waals surface area (Å²) in [6, 6.07) is 8.36. The second-order valence-corrected chi connectivity index (χ2v) is 7.49. The number of fused-ring (bicyclic) bond motifs is 1. The third-order valence-corrected chi connectivity index (χ3v) is 5.27. The summed E-state index contributed by atoms with van der Waals surface area (Å²) in [5.74, 6) is 0.659. The number of non-ortho nitro benzene ring substituents is 1. The molecule has 2 aromatic carbocycles. The molecular weight excluding hydrogens is 393 g/mol. The maximum atomic E-state index is 10.9. The number of imidazole rings is 1. The molecule has 1 heterocycles. The highest BCUT2D eigenvalue weighted by atomic mass is 35.5. The molecule has 7 nitrogen and oxygen atoms in total. The van der Waals surface area contributed by atoms with Crippen LogP contribution in [0.4, 0.5) is 5.69 Å². The van der Waals surface area contributed by atoms with E-state index in [1.165, 1.54) is 12.1 Å². The lowest BCUT2D eigenvalue weighted by atomic mass is 10.2. The monoisotopic (exact) mass is 407 g/mol. The molecule has 1 aliphatic carbocycles. The van der Waals surface area contributed by atoms with Crippen LogP contribution in [0.5, 0.6) is 17.5 Å². The molecule has 3 aromatic rings. The zero-order valence-electron chi connectivity index (χ0n) is 14.5. The molecule has 0 bridgehead atoms. The highest BCUT2D eigenvalue weighted by Gasteiger charge is 2.42. The van der Waals surface area contributed by atoms with Crippen LogP contribution in [-0.2, 0) is 5.54 Å². The van der Waals surface area contributed by atoms with Crippen LogP contribution in [0.25, 0.3) is 11.0 Å². The first-order chi connectivity index (χ1) is 12.8. The summed E-state index contributed by atoms with van der Waals surface area (Å²) in [5.41, 5.74) is 1.44. The number of halogens is 2. The van der Waals surface area contributed by atoms with Gasteiger partial charge in [0.2, 0.25) is 0 Å². The van der Waals surface area contributed by atoms with Gasteiger partial charge in [-0.05, 0) is 31.9 Å². The Hall–Kier alpha value is -2.51. The zero-order valence-corrected chi connectivity index (χ0v) is 16.0. The van der Waals surface area contributed by atoms with Crippen LogP contribution in [0.3, 0.4) is 0 Å². The Morgan fingerprint density at radius 3 is 2.44 bits per heavy atom. The number of methoxy groups -OCH3 is 1. The third kappa shape index (κ3) is 3.07. The molecule has 0 unspecified atom stereocenters. The molecule has 0 saturated heterocycles. The quantitative estimate of drug-likeness (QED) is 0.408. The van der Waals surface area contributed by atoms with Crippen LogP contribution in [0.1, 0.15) is 19.8 Å². The largest absolute Gasteiger partial charge is 0.468 e. The molecule has 1 fully saturated rings. The van der Waals surface area contributed by atoms with Crippen LogP contribution >= 0.6 is 23.2 Å². The predicted molar refractivity (Wildman–Crippen MR) is 102 cm³/mol. The number of aromatic nitrogens is 2. The third-order valence-electron chi connectivity index (χ3n) is 4.70. The van der Waals surface area contributed by atoms with Gasteiger partial charge in [0.1, 0.15) is 5.75 Å². The molecule has 0 radical (unpaired) electrons. The van der Waals surface area contributed by atoms with Gasteiger partial charge in [0, 0.05) is 23.7 Å². The molecule has 0 spiro atoms. The minimum Gasteiger partial charge on any atom is -0.468 e. The second-order valence-electron chi connectivity index (χ2n) is 6.68. The number of hydrogen-bond acceptors (Lipinski definition) is 5. The van der Waals surface area contributed by atoms with Gasteiger partial charge in [-0.3, -0.25) is 14.7 Å². The number of hydrogen-bond donors (Lipinski definition) is 0. The summed E-state index contributed by atoms with van der Waals surface area (Å²) < 4.78 is 13.3. The molecule has 4 rings (SSSR count). The Labute approximate surface area is 164 Å². The standard InChI is InChI=1S/C18H15Cl2N3O4/c1-18(5-6-18)22-15-9-11(3-4-14(15)21-17(22)26-2)27-16-12(19)7-10(23(24)25)8-13(16)20/h3-4,7-9H,5-6H2,1-2H3. The normalized spacial score (nSPS) is 15.0. The number of benzene rings is 2. The van der Waals surface area contributed by atoms with Crippen molar-refractivity contribution in [2.24, 2.45) is 0 Å². The first-order valence-electron chi connectivity index (χ1n) is 8.21. The van der Waals surface area contributed by atoms with Crippen LogP contribution < -0.4 is 9.47 Å². The Kier molecular flexibility index (Phi) is 4.16. The molecular formula is C18H15Cl2N3O4. The fourth-order valence-corrected chi connectivity index (χ4v) is 3.58. The van der Waals surface area contributed by atoms with Crippen molar-refractivity contribution in [2.45, 2.75) is 25.3 Å². The number of ether oxygens (including phenoxy) is 2. The van der Waals surface area contributed by atoms with Crippen molar-refractivity contribution < 1.29 is 14.4 Å². The Morgan fingerprint density at radius 2 is 1.89 bits per heavy atom. The van der Waals surface area contributed by atoms with Crippen molar-refractivity contribution in [2.75, 3.05) is 7.11 Å². The summed E-state index contributed by atoms with van der Waals surface area (Å²) >= 11 is 12.3. The van der Waals surface area contributed by atoms with E-state index in [0.717, 1.165) is 23.9 Å². The van der Waals surface area contributed by atoms with Crippen molar-refractivity contribution in [3.8, 4) is 17.5 Å². The van der Waals surface area contributed by atoms with Gasteiger partial charge in [-0.15, -0.1) is 0 Å². The van der Waals surface area contributed by atoms with Crippen molar-refractivity contribution in [1.29, 1.82) is 0 Å². The molecule has 1 saturated carbocycles. The van der Waals surface area contributed by atoms with E-state index in [2.05, 4.69) is 16.5 Å². The van der Waals surface area contributed by atoms with Gasteiger partial charge in [-0.25, -0.2) is 0 Å². The topological polar surface area (TPSA) is 79.4 Å². The van der Waals surface area contributed by atoms with E-state index in [0.29, 0.717) is 11.8 Å². The summed E-state index contributed by atoms with van der Waals surface area (Å²) in [6.45, 7) is 2.15. The molecule has 1 aliphatic rings. The van der Waals surface area contributed by atoms with Gasteiger partial charge in [0.05, 0.1) is 33.1 Å². The molecule has 9 heteroatoms. The Morgan fingerprint density at radius 1 is 1.22 bits per heavy atom. The summed E-state index contributed by atoms with van der Waals surface area (Å²) in [5, 5.41) is 11.0. The van der Waals surface area contributed by atoms with Crippen LogP contribution in [0.2, 0.25) is 10.0 Å². The lowest BCUT2D eigenvalue weighted by molar-refractivity contribution is -0.384. The zero-order chi connectivity index (χ0) is 19.3. The smallest absolute Gasteiger partial charge is 0.297 e. The molecule has 0 atom stereocenters. The average Bonchev–Trinajstić information content (AvgIpc) is 3.25. The van der Waals surface area contributed by atoms with Crippen molar-refractivity contribution in [3.63, 3.8) is 0 Å². The van der Waals surface area contributed by atoms with Crippen LogP contribution in [0, 0.1) is 10.1 Å². The van der Waals surface area contributed by atoms with Crippen LogP contribution in [-0.4, -0.2) is 21.6 Å². The average molecular weight is 408 g/mol. The van der Waals surface area contributed by atoms with Gasteiger partial charge < -0.3 is 9.47 Å². The molecule has 0 amide bonds. The Balaban J connectivity index is 1.77. The minimum atomic E-state index is -0.561. The van der Waals surface area contributed by atoms with Gasteiger partial charge in [-0.2, -0.15) is 4.98 Å². The molecule has 0 N–H and O–H groups in total. The highest BCUT2D eigenvalue weighted by molar-refractivity contribution is 6.37. The molecule has 27 heavy (non-hydrogen) atoms. The maximum absolute atomic E-state index is 10.9. The highest BCUT2D eigenvalue weighted by Crippen LogP contribution is 2.48. The number of nitro groups is 1.